The van der Waals surface area contributed by atoms with Gasteiger partial charge in [0.1, 0.15) is 0 Å². The van der Waals surface area contributed by atoms with Crippen molar-refractivity contribution in [2.24, 2.45) is 5.73 Å². The Hall–Kier alpha value is -0.770. The number of hydrogen-bond acceptors (Lipinski definition) is 3. The molecule has 0 saturated heterocycles. The molecular weight excluding hydrogens is 180 g/mol. The van der Waals surface area contributed by atoms with E-state index in [1.165, 1.54) is 0 Å². The van der Waals surface area contributed by atoms with Gasteiger partial charge in [0.2, 0.25) is 0 Å². The SMILES string of the molecule is CCCCOC(=O)N(C)[C@H]1C[C@H](N)C1. The Labute approximate surface area is 85.4 Å². The third kappa shape index (κ3) is 2.87. The zero-order chi connectivity index (χ0) is 10.6. The molecule has 0 spiro atoms. The molecule has 0 atom stereocenters. The predicted molar refractivity (Wildman–Crippen MR) is 55.0 cm³/mol. The van der Waals surface area contributed by atoms with Crippen molar-refractivity contribution in [2.75, 3.05) is 13.7 Å². The van der Waals surface area contributed by atoms with Gasteiger partial charge in [0, 0.05) is 19.1 Å². The van der Waals surface area contributed by atoms with E-state index in [9.17, 15) is 4.79 Å². The standard InChI is InChI=1S/C10H20N2O2/c1-3-4-5-14-10(13)12(2)9-6-8(11)7-9/h8-9H,3-7,11H2,1-2H3/t8-,9-. The minimum atomic E-state index is -0.213. The lowest BCUT2D eigenvalue weighted by atomic mass is 9.87. The average Bonchev–Trinajstić information content (AvgIpc) is 2.12. The second kappa shape index (κ2) is 5.20. The van der Waals surface area contributed by atoms with Gasteiger partial charge in [-0.3, -0.25) is 0 Å². The molecule has 2 N–H and O–H groups in total. The number of unbranched alkanes of at least 4 members (excludes halogenated alkanes) is 1. The first-order valence-corrected chi connectivity index (χ1v) is 5.30. The van der Waals surface area contributed by atoms with Gasteiger partial charge >= 0.3 is 6.09 Å². The van der Waals surface area contributed by atoms with E-state index < -0.39 is 0 Å². The van der Waals surface area contributed by atoms with E-state index in [1.54, 1.807) is 11.9 Å². The molecule has 0 unspecified atom stereocenters. The Morgan fingerprint density at radius 2 is 2.21 bits per heavy atom. The van der Waals surface area contributed by atoms with Crippen LogP contribution in [0, 0.1) is 0 Å². The van der Waals surface area contributed by atoms with Gasteiger partial charge < -0.3 is 15.4 Å². The highest BCUT2D eigenvalue weighted by atomic mass is 16.6. The van der Waals surface area contributed by atoms with Crippen molar-refractivity contribution in [3.8, 4) is 0 Å². The first kappa shape index (κ1) is 11.3. The number of ether oxygens (including phenoxy) is 1. The second-order valence-electron chi connectivity index (χ2n) is 3.96. The van der Waals surface area contributed by atoms with Crippen LogP contribution in [0.3, 0.4) is 0 Å². The van der Waals surface area contributed by atoms with Gasteiger partial charge in [0.15, 0.2) is 0 Å². The van der Waals surface area contributed by atoms with Crippen LogP contribution >= 0.6 is 0 Å². The quantitative estimate of drug-likeness (QED) is 0.697. The fourth-order valence-corrected chi connectivity index (χ4v) is 1.50. The molecule has 0 aromatic heterocycles. The number of hydrogen-bond donors (Lipinski definition) is 1. The van der Waals surface area contributed by atoms with Crippen LogP contribution < -0.4 is 5.73 Å². The first-order chi connectivity index (χ1) is 6.65. The molecule has 1 rings (SSSR count). The Bertz CT molecular complexity index is 191. The molecule has 4 heteroatoms. The van der Waals surface area contributed by atoms with E-state index in [0.29, 0.717) is 12.6 Å². The average molecular weight is 200 g/mol. The van der Waals surface area contributed by atoms with E-state index in [4.69, 9.17) is 10.5 Å². The Morgan fingerprint density at radius 1 is 1.57 bits per heavy atom. The molecule has 0 aromatic rings. The maximum absolute atomic E-state index is 11.4. The Balaban J connectivity index is 2.16. The van der Waals surface area contributed by atoms with Gasteiger partial charge in [0.25, 0.3) is 0 Å². The zero-order valence-corrected chi connectivity index (χ0v) is 9.03. The van der Waals surface area contributed by atoms with E-state index in [2.05, 4.69) is 6.92 Å². The van der Waals surface area contributed by atoms with Crippen molar-refractivity contribution in [3.63, 3.8) is 0 Å². The van der Waals surface area contributed by atoms with Crippen molar-refractivity contribution < 1.29 is 9.53 Å². The van der Waals surface area contributed by atoms with Gasteiger partial charge in [0.05, 0.1) is 6.61 Å². The molecule has 1 aliphatic rings. The van der Waals surface area contributed by atoms with E-state index in [1.807, 2.05) is 0 Å². The minimum absolute atomic E-state index is 0.213. The van der Waals surface area contributed by atoms with Crippen molar-refractivity contribution >= 4 is 6.09 Å². The summed E-state index contributed by atoms with van der Waals surface area (Å²) in [4.78, 5) is 13.1. The van der Waals surface area contributed by atoms with E-state index in [0.717, 1.165) is 25.7 Å². The summed E-state index contributed by atoms with van der Waals surface area (Å²) in [6, 6.07) is 0.560. The summed E-state index contributed by atoms with van der Waals surface area (Å²) in [7, 11) is 1.78. The van der Waals surface area contributed by atoms with Gasteiger partial charge in [-0.15, -0.1) is 0 Å². The van der Waals surface area contributed by atoms with Crippen molar-refractivity contribution in [3.05, 3.63) is 0 Å². The first-order valence-electron chi connectivity index (χ1n) is 5.30. The Morgan fingerprint density at radius 3 is 2.71 bits per heavy atom. The molecule has 0 bridgehead atoms. The molecule has 0 radical (unpaired) electrons. The number of nitrogens with two attached hydrogens (primary N) is 1. The third-order valence-electron chi connectivity index (χ3n) is 2.71. The molecule has 4 nitrogen and oxygen atoms in total. The van der Waals surface area contributed by atoms with Crippen LogP contribution in [0.5, 0.6) is 0 Å². The van der Waals surface area contributed by atoms with Crippen LogP contribution in [0.4, 0.5) is 4.79 Å². The molecule has 1 amide bonds. The molecule has 14 heavy (non-hydrogen) atoms. The highest BCUT2D eigenvalue weighted by molar-refractivity contribution is 5.67. The topological polar surface area (TPSA) is 55.6 Å². The van der Waals surface area contributed by atoms with Crippen molar-refractivity contribution in [1.82, 2.24) is 4.90 Å². The lowest BCUT2D eigenvalue weighted by Gasteiger charge is -2.38. The van der Waals surface area contributed by atoms with Gasteiger partial charge in [-0.2, -0.15) is 0 Å². The molecule has 0 aliphatic heterocycles. The van der Waals surface area contributed by atoms with Crippen LogP contribution in [0.25, 0.3) is 0 Å². The number of carbonyl (C=O) groups is 1. The minimum Gasteiger partial charge on any atom is -0.449 e. The normalized spacial score (nSPS) is 25.4. The summed E-state index contributed by atoms with van der Waals surface area (Å²) >= 11 is 0. The van der Waals surface area contributed by atoms with E-state index in [-0.39, 0.29) is 12.1 Å². The molecule has 0 aromatic carbocycles. The molecule has 82 valence electrons. The number of carbonyl (C=O) groups excluding carboxylic acids is 1. The summed E-state index contributed by atoms with van der Waals surface area (Å²) in [5.74, 6) is 0. The summed E-state index contributed by atoms with van der Waals surface area (Å²) in [5, 5.41) is 0. The third-order valence-corrected chi connectivity index (χ3v) is 2.71. The van der Waals surface area contributed by atoms with E-state index >= 15 is 0 Å². The zero-order valence-electron chi connectivity index (χ0n) is 9.03. The van der Waals surface area contributed by atoms with Gasteiger partial charge in [-0.25, -0.2) is 4.79 Å². The molecule has 1 fully saturated rings. The smallest absolute Gasteiger partial charge is 0.409 e. The van der Waals surface area contributed by atoms with Crippen LogP contribution in [-0.4, -0.2) is 36.7 Å². The van der Waals surface area contributed by atoms with Crippen LogP contribution in [-0.2, 0) is 4.74 Å². The summed E-state index contributed by atoms with van der Waals surface area (Å²) in [6.07, 6.45) is 3.57. The maximum Gasteiger partial charge on any atom is 0.409 e. The van der Waals surface area contributed by atoms with Crippen LogP contribution in [0.1, 0.15) is 32.6 Å². The highest BCUT2D eigenvalue weighted by Gasteiger charge is 2.32. The molecular formula is C10H20N2O2. The lowest BCUT2D eigenvalue weighted by molar-refractivity contribution is 0.0738. The van der Waals surface area contributed by atoms with Crippen molar-refractivity contribution in [1.29, 1.82) is 0 Å². The molecule has 0 heterocycles. The summed E-state index contributed by atoms with van der Waals surface area (Å²) in [5.41, 5.74) is 5.65. The predicted octanol–water partition coefficient (Wildman–Crippen LogP) is 1.34. The fraction of sp³-hybridized carbons (Fsp3) is 0.900. The van der Waals surface area contributed by atoms with Gasteiger partial charge in [-0.1, -0.05) is 13.3 Å². The number of rotatable bonds is 4. The molecule has 1 aliphatic carbocycles. The monoisotopic (exact) mass is 200 g/mol. The molecule has 1 saturated carbocycles. The summed E-state index contributed by atoms with van der Waals surface area (Å²) < 4.78 is 5.08. The van der Waals surface area contributed by atoms with Crippen molar-refractivity contribution in [2.45, 2.75) is 44.7 Å². The second-order valence-corrected chi connectivity index (χ2v) is 3.96. The number of amides is 1. The van der Waals surface area contributed by atoms with Gasteiger partial charge in [-0.05, 0) is 19.3 Å². The fourth-order valence-electron chi connectivity index (χ4n) is 1.50. The maximum atomic E-state index is 11.4. The Kier molecular flexibility index (Phi) is 4.20. The number of nitrogens with zero attached hydrogens (tertiary/aromatic N) is 1. The summed E-state index contributed by atoms with van der Waals surface area (Å²) in [6.45, 7) is 2.60. The van der Waals surface area contributed by atoms with Crippen LogP contribution in [0.15, 0.2) is 0 Å². The van der Waals surface area contributed by atoms with Crippen LogP contribution in [0.2, 0.25) is 0 Å². The highest BCUT2D eigenvalue weighted by Crippen LogP contribution is 2.23. The largest absolute Gasteiger partial charge is 0.449 e. The lowest BCUT2D eigenvalue weighted by Crippen LogP contribution is -2.51.